The molecule has 3 rings (SSSR count). The van der Waals surface area contributed by atoms with Crippen LogP contribution in [0.3, 0.4) is 0 Å². The minimum atomic E-state index is -0.217. The van der Waals surface area contributed by atoms with Crippen LogP contribution in [0, 0.1) is 5.92 Å². The van der Waals surface area contributed by atoms with Crippen molar-refractivity contribution in [2.24, 2.45) is 5.92 Å². The maximum absolute atomic E-state index is 11.8. The maximum atomic E-state index is 11.8. The summed E-state index contributed by atoms with van der Waals surface area (Å²) >= 11 is 0. The van der Waals surface area contributed by atoms with Gasteiger partial charge in [-0.25, -0.2) is 4.79 Å². The van der Waals surface area contributed by atoms with Crippen LogP contribution in [0.4, 0.5) is 10.5 Å². The molecular weight excluding hydrogens is 238 g/mol. The van der Waals surface area contributed by atoms with Crippen LogP contribution in [0.2, 0.25) is 0 Å². The second kappa shape index (κ2) is 4.26. The van der Waals surface area contributed by atoms with Crippen LogP contribution >= 0.6 is 0 Å². The van der Waals surface area contributed by atoms with E-state index in [0.29, 0.717) is 12.0 Å². The molecule has 1 aromatic rings. The van der Waals surface area contributed by atoms with Gasteiger partial charge in [0.15, 0.2) is 0 Å². The molecule has 0 radical (unpaired) electrons. The highest BCUT2D eigenvalue weighted by Crippen LogP contribution is 2.53. The quantitative estimate of drug-likeness (QED) is 0.828. The number of carbonyl (C=O) groups excluding carboxylic acids is 1. The van der Waals surface area contributed by atoms with Crippen molar-refractivity contribution >= 4 is 11.8 Å². The fourth-order valence-corrected chi connectivity index (χ4v) is 2.95. The topological polar surface area (TPSA) is 29.5 Å². The van der Waals surface area contributed by atoms with Crippen molar-refractivity contribution in [1.29, 1.82) is 0 Å². The zero-order chi connectivity index (χ0) is 13.6. The molecule has 2 fully saturated rings. The molecule has 3 heteroatoms. The van der Waals surface area contributed by atoms with Gasteiger partial charge in [-0.15, -0.1) is 0 Å². The Bertz CT molecular complexity index is 496. The highest BCUT2D eigenvalue weighted by molar-refractivity contribution is 5.89. The number of hydrogen-bond donors (Lipinski definition) is 0. The first-order valence-corrected chi connectivity index (χ1v) is 7.13. The summed E-state index contributed by atoms with van der Waals surface area (Å²) in [7, 11) is 0. The molecular formula is C16H21NO2. The van der Waals surface area contributed by atoms with Crippen LogP contribution in [-0.4, -0.2) is 18.7 Å². The van der Waals surface area contributed by atoms with Gasteiger partial charge < -0.3 is 4.74 Å². The molecule has 102 valence electrons. The average Bonchev–Trinajstić information content (AvgIpc) is 2.86. The minimum absolute atomic E-state index is 0.0353. The number of hydrogen-bond acceptors (Lipinski definition) is 2. The molecule has 0 spiro atoms. The van der Waals surface area contributed by atoms with E-state index in [-0.39, 0.29) is 12.2 Å². The molecule has 0 N–H and O–H groups in total. The Morgan fingerprint density at radius 2 is 2.00 bits per heavy atom. The number of anilines is 1. The second-order valence-electron chi connectivity index (χ2n) is 6.09. The van der Waals surface area contributed by atoms with Crippen molar-refractivity contribution in [3.05, 3.63) is 29.8 Å². The number of benzene rings is 1. The molecule has 1 amide bonds. The van der Waals surface area contributed by atoms with E-state index in [2.05, 4.69) is 26.0 Å². The Kier molecular flexibility index (Phi) is 2.80. The van der Waals surface area contributed by atoms with E-state index in [1.807, 2.05) is 19.1 Å². The molecule has 0 bridgehead atoms. The predicted molar refractivity (Wildman–Crippen MR) is 75.5 cm³/mol. The lowest BCUT2D eigenvalue weighted by Crippen LogP contribution is -2.24. The molecule has 1 saturated carbocycles. The molecule has 19 heavy (non-hydrogen) atoms. The summed E-state index contributed by atoms with van der Waals surface area (Å²) in [6.07, 6.45) is 1.95. The number of nitrogens with zero attached hydrogens (tertiary/aromatic N) is 1. The fourth-order valence-electron chi connectivity index (χ4n) is 2.95. The monoisotopic (exact) mass is 259 g/mol. The van der Waals surface area contributed by atoms with Gasteiger partial charge in [0.05, 0.1) is 6.54 Å². The number of carbonyl (C=O) groups is 1. The van der Waals surface area contributed by atoms with Gasteiger partial charge in [0.1, 0.15) is 6.10 Å². The standard InChI is InChI=1S/C16H21NO2/c1-4-14-10-17(15(18)19-14)13-7-5-12(6-8-13)16(3)9-11(16)2/h5-8,11,14H,4,9-10H2,1-3H3. The van der Waals surface area contributed by atoms with Gasteiger partial charge in [-0.3, -0.25) is 4.90 Å². The fraction of sp³-hybridized carbons (Fsp3) is 0.562. The first-order valence-electron chi connectivity index (χ1n) is 7.13. The summed E-state index contributed by atoms with van der Waals surface area (Å²) in [6.45, 7) is 7.31. The first-order chi connectivity index (χ1) is 9.04. The summed E-state index contributed by atoms with van der Waals surface area (Å²) in [5.74, 6) is 0.763. The Hall–Kier alpha value is -1.51. The van der Waals surface area contributed by atoms with Crippen molar-refractivity contribution < 1.29 is 9.53 Å². The van der Waals surface area contributed by atoms with Crippen LogP contribution in [0.25, 0.3) is 0 Å². The van der Waals surface area contributed by atoms with Crippen LogP contribution in [0.5, 0.6) is 0 Å². The van der Waals surface area contributed by atoms with Gasteiger partial charge >= 0.3 is 6.09 Å². The average molecular weight is 259 g/mol. The number of rotatable bonds is 3. The summed E-state index contributed by atoms with van der Waals surface area (Å²) in [6, 6.07) is 8.41. The third-order valence-electron chi connectivity index (χ3n) is 4.83. The van der Waals surface area contributed by atoms with Crippen molar-refractivity contribution in [1.82, 2.24) is 0 Å². The largest absolute Gasteiger partial charge is 0.444 e. The summed E-state index contributed by atoms with van der Waals surface area (Å²) in [4.78, 5) is 13.5. The lowest BCUT2D eigenvalue weighted by molar-refractivity contribution is 0.139. The normalized spacial score (nSPS) is 33.4. The molecule has 3 atom stereocenters. The summed E-state index contributed by atoms with van der Waals surface area (Å²) in [5, 5.41) is 0. The third-order valence-corrected chi connectivity index (χ3v) is 4.83. The zero-order valence-corrected chi connectivity index (χ0v) is 11.8. The number of amides is 1. The van der Waals surface area contributed by atoms with Crippen LogP contribution in [-0.2, 0) is 10.2 Å². The Balaban J connectivity index is 1.78. The van der Waals surface area contributed by atoms with Gasteiger partial charge in [-0.05, 0) is 41.9 Å². The van der Waals surface area contributed by atoms with E-state index in [1.165, 1.54) is 12.0 Å². The van der Waals surface area contributed by atoms with E-state index >= 15 is 0 Å². The second-order valence-corrected chi connectivity index (χ2v) is 6.09. The molecule has 3 nitrogen and oxygen atoms in total. The highest BCUT2D eigenvalue weighted by atomic mass is 16.6. The van der Waals surface area contributed by atoms with E-state index in [9.17, 15) is 4.79 Å². The van der Waals surface area contributed by atoms with Crippen molar-refractivity contribution in [2.75, 3.05) is 11.4 Å². The SMILES string of the molecule is CCC1CN(c2ccc(C3(C)CC3C)cc2)C(=O)O1. The number of ether oxygens (including phenoxy) is 1. The van der Waals surface area contributed by atoms with Crippen molar-refractivity contribution in [2.45, 2.75) is 45.1 Å². The van der Waals surface area contributed by atoms with Gasteiger partial charge in [-0.1, -0.05) is 32.9 Å². The number of cyclic esters (lactones) is 1. The molecule has 2 aliphatic rings. The Morgan fingerprint density at radius 3 is 2.47 bits per heavy atom. The van der Waals surface area contributed by atoms with Gasteiger partial charge in [0.25, 0.3) is 0 Å². The van der Waals surface area contributed by atoms with Crippen molar-refractivity contribution in [3.63, 3.8) is 0 Å². The molecule has 1 heterocycles. The lowest BCUT2D eigenvalue weighted by atomic mass is 9.95. The van der Waals surface area contributed by atoms with Crippen LogP contribution in [0.15, 0.2) is 24.3 Å². The molecule has 1 aliphatic carbocycles. The maximum Gasteiger partial charge on any atom is 0.414 e. The van der Waals surface area contributed by atoms with Crippen LogP contribution in [0.1, 0.15) is 39.2 Å². The summed E-state index contributed by atoms with van der Waals surface area (Å²) in [5.41, 5.74) is 2.67. The zero-order valence-electron chi connectivity index (χ0n) is 11.8. The van der Waals surface area contributed by atoms with Crippen LogP contribution < -0.4 is 4.90 Å². The molecule has 3 unspecified atom stereocenters. The highest BCUT2D eigenvalue weighted by Gasteiger charge is 2.47. The predicted octanol–water partition coefficient (Wildman–Crippen LogP) is 3.72. The molecule has 1 saturated heterocycles. The van der Waals surface area contributed by atoms with Gasteiger partial charge in [0.2, 0.25) is 0 Å². The smallest absolute Gasteiger partial charge is 0.414 e. The van der Waals surface area contributed by atoms with E-state index < -0.39 is 0 Å². The summed E-state index contributed by atoms with van der Waals surface area (Å²) < 4.78 is 5.29. The van der Waals surface area contributed by atoms with E-state index in [0.717, 1.165) is 18.0 Å². The third kappa shape index (κ3) is 2.01. The van der Waals surface area contributed by atoms with Gasteiger partial charge in [0, 0.05) is 5.69 Å². The Labute approximate surface area is 114 Å². The molecule has 1 aromatic carbocycles. The molecule has 1 aliphatic heterocycles. The lowest BCUT2D eigenvalue weighted by Gasteiger charge is -2.15. The van der Waals surface area contributed by atoms with E-state index in [4.69, 9.17) is 4.74 Å². The van der Waals surface area contributed by atoms with E-state index in [1.54, 1.807) is 4.90 Å². The first kappa shape index (κ1) is 12.5. The molecule has 0 aromatic heterocycles. The van der Waals surface area contributed by atoms with Gasteiger partial charge in [-0.2, -0.15) is 0 Å². The minimum Gasteiger partial charge on any atom is -0.444 e. The van der Waals surface area contributed by atoms with Crippen molar-refractivity contribution in [3.8, 4) is 0 Å². The Morgan fingerprint density at radius 1 is 1.37 bits per heavy atom.